The third-order valence-electron chi connectivity index (χ3n) is 6.03. The first kappa shape index (κ1) is 18.4. The largest absolute Gasteiger partial charge is 0.341 e. The average Bonchev–Trinajstić information content (AvgIpc) is 2.91. The number of rotatable bonds is 4. The lowest BCUT2D eigenvalue weighted by Crippen LogP contribution is -2.54. The highest BCUT2D eigenvalue weighted by atomic mass is 16.2. The maximum atomic E-state index is 12.9. The second-order valence-corrected chi connectivity index (χ2v) is 7.93. The van der Waals surface area contributed by atoms with Crippen LogP contribution in [-0.2, 0) is 11.3 Å². The van der Waals surface area contributed by atoms with Gasteiger partial charge in [0.05, 0.1) is 11.7 Å². The maximum Gasteiger partial charge on any atom is 0.239 e. The van der Waals surface area contributed by atoms with Gasteiger partial charge in [-0.3, -0.25) is 14.6 Å². The lowest BCUT2D eigenvalue weighted by Gasteiger charge is -2.38. The monoisotopic (exact) mass is 369 g/mol. The van der Waals surface area contributed by atoms with Crippen molar-refractivity contribution in [1.82, 2.24) is 24.1 Å². The number of likely N-dealkylation sites (tertiary alicyclic amines) is 1. The van der Waals surface area contributed by atoms with Crippen molar-refractivity contribution in [1.29, 1.82) is 0 Å². The van der Waals surface area contributed by atoms with E-state index >= 15 is 0 Å². The molecule has 4 rings (SSSR count). The molecule has 1 unspecified atom stereocenters. The van der Waals surface area contributed by atoms with E-state index in [0.717, 1.165) is 70.0 Å². The number of fused-ring (bicyclic) bond motifs is 1. The standard InChI is InChI=1S/C21H31N5O/c1-18(21(27)25-9-5-2-3-6-10-25)24-14-12-23(13-15-24)16-19-17-26-11-7-4-8-20(26)22-19/h4,7-8,11,17-18H,2-3,5-6,9-10,12-16H2,1H3. The molecule has 0 saturated carbocycles. The van der Waals surface area contributed by atoms with E-state index < -0.39 is 0 Å². The summed E-state index contributed by atoms with van der Waals surface area (Å²) in [6, 6.07) is 6.09. The van der Waals surface area contributed by atoms with Crippen LogP contribution in [0.15, 0.2) is 30.6 Å². The van der Waals surface area contributed by atoms with E-state index in [2.05, 4.69) is 32.2 Å². The molecule has 4 heterocycles. The van der Waals surface area contributed by atoms with Crippen LogP contribution in [0.5, 0.6) is 0 Å². The number of imidazole rings is 1. The van der Waals surface area contributed by atoms with Crippen molar-refractivity contribution in [2.45, 2.75) is 45.2 Å². The van der Waals surface area contributed by atoms with Gasteiger partial charge in [0, 0.05) is 58.2 Å². The van der Waals surface area contributed by atoms with Crippen LogP contribution in [0.4, 0.5) is 0 Å². The number of hydrogen-bond acceptors (Lipinski definition) is 4. The normalized spacial score (nSPS) is 21.3. The van der Waals surface area contributed by atoms with Crippen LogP contribution < -0.4 is 0 Å². The zero-order valence-electron chi connectivity index (χ0n) is 16.4. The maximum absolute atomic E-state index is 12.9. The molecule has 1 amide bonds. The molecule has 0 aromatic carbocycles. The van der Waals surface area contributed by atoms with Gasteiger partial charge < -0.3 is 9.30 Å². The molecule has 0 bridgehead atoms. The topological polar surface area (TPSA) is 44.1 Å². The summed E-state index contributed by atoms with van der Waals surface area (Å²) in [6.07, 6.45) is 9.00. The van der Waals surface area contributed by atoms with Crippen LogP contribution in [0.1, 0.15) is 38.3 Å². The quantitative estimate of drug-likeness (QED) is 0.829. The second-order valence-electron chi connectivity index (χ2n) is 7.93. The van der Waals surface area contributed by atoms with E-state index in [0.29, 0.717) is 5.91 Å². The molecule has 27 heavy (non-hydrogen) atoms. The molecule has 0 radical (unpaired) electrons. The number of carbonyl (C=O) groups is 1. The van der Waals surface area contributed by atoms with E-state index in [1.54, 1.807) is 0 Å². The predicted octanol–water partition coefficient (Wildman–Crippen LogP) is 2.24. The van der Waals surface area contributed by atoms with Crippen LogP contribution in [-0.4, -0.2) is 75.3 Å². The predicted molar refractivity (Wildman–Crippen MR) is 107 cm³/mol. The number of hydrogen-bond donors (Lipinski definition) is 0. The van der Waals surface area contributed by atoms with Crippen LogP contribution >= 0.6 is 0 Å². The highest BCUT2D eigenvalue weighted by Crippen LogP contribution is 2.15. The minimum Gasteiger partial charge on any atom is -0.341 e. The Labute approximate surface area is 161 Å². The van der Waals surface area contributed by atoms with Gasteiger partial charge in [-0.05, 0) is 31.9 Å². The summed E-state index contributed by atoms with van der Waals surface area (Å²) in [5.41, 5.74) is 2.12. The Balaban J connectivity index is 1.29. The fourth-order valence-corrected chi connectivity index (χ4v) is 4.31. The van der Waals surface area contributed by atoms with Crippen molar-refractivity contribution in [3.63, 3.8) is 0 Å². The summed E-state index contributed by atoms with van der Waals surface area (Å²) in [5, 5.41) is 0. The molecule has 2 aromatic heterocycles. The smallest absolute Gasteiger partial charge is 0.239 e. The number of amides is 1. The molecule has 0 aliphatic carbocycles. The number of piperazine rings is 1. The minimum atomic E-state index is 0.000411. The van der Waals surface area contributed by atoms with Crippen molar-refractivity contribution < 1.29 is 4.79 Å². The van der Waals surface area contributed by atoms with E-state index in [9.17, 15) is 4.79 Å². The molecule has 1 atom stereocenters. The van der Waals surface area contributed by atoms with Gasteiger partial charge in [-0.2, -0.15) is 0 Å². The highest BCUT2D eigenvalue weighted by molar-refractivity contribution is 5.81. The van der Waals surface area contributed by atoms with Gasteiger partial charge >= 0.3 is 0 Å². The Morgan fingerprint density at radius 1 is 1.04 bits per heavy atom. The van der Waals surface area contributed by atoms with Crippen LogP contribution in [0.2, 0.25) is 0 Å². The fraction of sp³-hybridized carbons (Fsp3) is 0.619. The summed E-state index contributed by atoms with van der Waals surface area (Å²) in [4.78, 5) is 24.5. The number of pyridine rings is 1. The zero-order chi connectivity index (χ0) is 18.6. The van der Waals surface area contributed by atoms with E-state index in [1.165, 1.54) is 12.8 Å². The Kier molecular flexibility index (Phi) is 5.74. The first-order valence-electron chi connectivity index (χ1n) is 10.4. The molecular weight excluding hydrogens is 338 g/mol. The first-order valence-corrected chi connectivity index (χ1v) is 10.4. The lowest BCUT2D eigenvalue weighted by molar-refractivity contribution is -0.137. The molecule has 0 spiro atoms. The summed E-state index contributed by atoms with van der Waals surface area (Å²) >= 11 is 0. The molecule has 2 saturated heterocycles. The van der Waals surface area contributed by atoms with Crippen molar-refractivity contribution in [3.8, 4) is 0 Å². The molecule has 6 nitrogen and oxygen atoms in total. The van der Waals surface area contributed by atoms with Crippen molar-refractivity contribution >= 4 is 11.6 Å². The Hall–Kier alpha value is -1.92. The van der Waals surface area contributed by atoms with Crippen LogP contribution in [0.25, 0.3) is 5.65 Å². The molecule has 6 heteroatoms. The second kappa shape index (κ2) is 8.40. The zero-order valence-corrected chi connectivity index (χ0v) is 16.4. The molecule has 146 valence electrons. The molecular formula is C21H31N5O. The Morgan fingerprint density at radius 2 is 1.78 bits per heavy atom. The van der Waals surface area contributed by atoms with Crippen LogP contribution in [0.3, 0.4) is 0 Å². The minimum absolute atomic E-state index is 0.000411. The Morgan fingerprint density at radius 3 is 2.48 bits per heavy atom. The van der Waals surface area contributed by atoms with E-state index in [4.69, 9.17) is 4.98 Å². The van der Waals surface area contributed by atoms with Crippen LogP contribution in [0, 0.1) is 0 Å². The van der Waals surface area contributed by atoms with Gasteiger partial charge in [0.15, 0.2) is 0 Å². The van der Waals surface area contributed by atoms with Gasteiger partial charge in [0.1, 0.15) is 5.65 Å². The summed E-state index contributed by atoms with van der Waals surface area (Å²) < 4.78 is 2.08. The van der Waals surface area contributed by atoms with Gasteiger partial charge in [0.2, 0.25) is 5.91 Å². The van der Waals surface area contributed by atoms with Gasteiger partial charge in [-0.15, -0.1) is 0 Å². The summed E-state index contributed by atoms with van der Waals surface area (Å²) in [5.74, 6) is 0.325. The molecule has 0 N–H and O–H groups in total. The van der Waals surface area contributed by atoms with Crippen molar-refractivity contribution in [2.24, 2.45) is 0 Å². The fourth-order valence-electron chi connectivity index (χ4n) is 4.31. The van der Waals surface area contributed by atoms with E-state index in [1.807, 2.05) is 24.4 Å². The van der Waals surface area contributed by atoms with Crippen molar-refractivity contribution in [3.05, 3.63) is 36.3 Å². The van der Waals surface area contributed by atoms with E-state index in [-0.39, 0.29) is 6.04 Å². The van der Waals surface area contributed by atoms with Gasteiger partial charge in [0.25, 0.3) is 0 Å². The number of aromatic nitrogens is 2. The Bertz CT molecular complexity index is 724. The number of nitrogens with zero attached hydrogens (tertiary/aromatic N) is 5. The SMILES string of the molecule is CC(C(=O)N1CCCCCC1)N1CCN(Cc2cn3ccccc3n2)CC1. The van der Waals surface area contributed by atoms with Gasteiger partial charge in [-0.1, -0.05) is 18.9 Å². The molecule has 2 aliphatic heterocycles. The molecule has 2 fully saturated rings. The third kappa shape index (κ3) is 4.33. The summed E-state index contributed by atoms with van der Waals surface area (Å²) in [7, 11) is 0. The van der Waals surface area contributed by atoms with Gasteiger partial charge in [-0.25, -0.2) is 4.98 Å². The van der Waals surface area contributed by atoms with Crippen molar-refractivity contribution in [2.75, 3.05) is 39.3 Å². The average molecular weight is 370 g/mol. The highest BCUT2D eigenvalue weighted by Gasteiger charge is 2.29. The first-order chi connectivity index (χ1) is 13.2. The molecule has 2 aliphatic rings. The lowest BCUT2D eigenvalue weighted by atomic mass is 10.2. The number of carbonyl (C=O) groups excluding carboxylic acids is 1. The third-order valence-corrected chi connectivity index (χ3v) is 6.03. The summed E-state index contributed by atoms with van der Waals surface area (Å²) in [6.45, 7) is 8.74. The molecule has 2 aromatic rings.